The average molecular weight is 1200 g/mol. The SMILES string of the molecule is CC[C@@H]1NC(=O)[C@H](CCCCN)NC(=O)[C@@H](Cc2c[nH]c3ccccc23)NC(=O)[C@H](Cc2ccc(O)cc2)NC(=O)[C@H](NC(=O)[C@@H](Cc2ccccc2)NC(=O)CN2CCN(CCO)CC2)CSSC[C@H](C(=O)N[C@H](C(N)=O)[C@@H](C)O)NC1=O. The van der Waals surface area contributed by atoms with Crippen molar-refractivity contribution in [2.24, 2.45) is 11.5 Å². The monoisotopic (exact) mass is 1200 g/mol. The third-order valence-electron chi connectivity index (χ3n) is 14.5. The van der Waals surface area contributed by atoms with Crippen LogP contribution in [0.15, 0.2) is 85.1 Å². The summed E-state index contributed by atoms with van der Waals surface area (Å²) in [6.07, 6.45) is 0.824. The Morgan fingerprint density at radius 1 is 0.714 bits per heavy atom. The van der Waals surface area contributed by atoms with Crippen LogP contribution in [0.4, 0.5) is 0 Å². The molecule has 0 radical (unpaired) electrons. The van der Waals surface area contributed by atoms with Crippen molar-refractivity contribution in [2.45, 2.75) is 113 Å². The average Bonchev–Trinajstić information content (AvgIpc) is 4.06. The van der Waals surface area contributed by atoms with E-state index in [0.29, 0.717) is 62.3 Å². The molecule has 16 N–H and O–H groups in total. The summed E-state index contributed by atoms with van der Waals surface area (Å²) in [5.74, 6) is -7.90. The Labute approximate surface area is 495 Å². The molecule has 0 unspecified atom stereocenters. The number of nitrogens with zero attached hydrogens (tertiary/aromatic N) is 2. The first kappa shape index (κ1) is 65.9. The number of unbranched alkanes of at least 4 members (excludes halogenated alkanes) is 1. The number of aromatic nitrogens is 1. The number of nitrogens with two attached hydrogens (primary N) is 2. The van der Waals surface area contributed by atoms with Crippen LogP contribution in [0.1, 0.15) is 56.2 Å². The van der Waals surface area contributed by atoms with E-state index in [-0.39, 0.29) is 69.1 Å². The van der Waals surface area contributed by atoms with Gasteiger partial charge in [-0.25, -0.2) is 0 Å². The van der Waals surface area contributed by atoms with Crippen LogP contribution in [0.3, 0.4) is 0 Å². The quantitative estimate of drug-likeness (QED) is 0.0305. The van der Waals surface area contributed by atoms with Crippen LogP contribution in [-0.4, -0.2) is 202 Å². The van der Waals surface area contributed by atoms with Crippen LogP contribution in [0.2, 0.25) is 0 Å². The van der Waals surface area contributed by atoms with Crippen molar-refractivity contribution >= 4 is 85.7 Å². The number of phenols is 1. The Morgan fingerprint density at radius 2 is 1.32 bits per heavy atom. The van der Waals surface area contributed by atoms with Crippen LogP contribution in [0.5, 0.6) is 5.75 Å². The van der Waals surface area contributed by atoms with Crippen molar-refractivity contribution in [2.75, 3.05) is 63.9 Å². The number of rotatable bonds is 22. The zero-order chi connectivity index (χ0) is 60.7. The molecule has 27 heteroatoms. The Kier molecular flexibility index (Phi) is 26.1. The zero-order valence-corrected chi connectivity index (χ0v) is 48.8. The largest absolute Gasteiger partial charge is 0.508 e. The van der Waals surface area contributed by atoms with Gasteiger partial charge in [0.2, 0.25) is 53.2 Å². The van der Waals surface area contributed by atoms with Gasteiger partial charge in [-0.2, -0.15) is 0 Å². The van der Waals surface area contributed by atoms with Gasteiger partial charge >= 0.3 is 0 Å². The number of carbonyl (C=O) groups is 9. The van der Waals surface area contributed by atoms with Crippen molar-refractivity contribution in [3.05, 3.63) is 102 Å². The molecule has 3 aromatic carbocycles. The van der Waals surface area contributed by atoms with Gasteiger partial charge < -0.3 is 74.3 Å². The Morgan fingerprint density at radius 3 is 1.99 bits per heavy atom. The van der Waals surface area contributed by atoms with Crippen LogP contribution in [-0.2, 0) is 62.4 Å². The van der Waals surface area contributed by atoms with Crippen molar-refractivity contribution in [3.63, 3.8) is 0 Å². The van der Waals surface area contributed by atoms with E-state index in [0.717, 1.165) is 32.5 Å². The number of piperazine rings is 1. The van der Waals surface area contributed by atoms with Crippen LogP contribution < -0.4 is 54.0 Å². The molecule has 1 aromatic heterocycles. The van der Waals surface area contributed by atoms with E-state index >= 15 is 9.59 Å². The number of carbonyl (C=O) groups excluding carboxylic acids is 9. The lowest BCUT2D eigenvalue weighted by Crippen LogP contribution is -2.61. The molecular weight excluding hydrogens is 1120 g/mol. The van der Waals surface area contributed by atoms with Gasteiger partial charge in [0.1, 0.15) is 54.1 Å². The standard InChI is InChI=1S/C57H79N13O12S2/c1-3-40-51(76)66-47(57(82)68-49(34(2)72)50(59)75)33-84-83-32-46(67-53(78)43(27-35-11-5-4-6-12-35)61-48(74)31-70-23-21-69(22-24-70)25-26-71)56(81)64-44(28-36-16-18-38(73)19-17-36)54(79)65-45(29-37-30-60-41-14-8-7-13-39(37)41)55(80)63-42(52(77)62-40)15-9-10-20-58/h4-8,11-14,16-19,30,34,40,42-47,49,60,71-73H,3,9-10,15,20-29,31-33,58H2,1-2H3,(H2,59,75)(H,61,74)(H,62,77)(H,63,80)(H,64,81)(H,65,79)(H,66,76)(H,67,78)(H,68,82)/t34-,40+,42+,43-,44+,45-,46-,47-,49+/m1/s1. The fraction of sp³-hybridized carbons (Fsp3) is 0.491. The summed E-state index contributed by atoms with van der Waals surface area (Å²) in [4.78, 5) is 136. The molecule has 0 saturated carbocycles. The predicted molar refractivity (Wildman–Crippen MR) is 318 cm³/mol. The second kappa shape index (κ2) is 33.3. The maximum absolute atomic E-state index is 15.0. The van der Waals surface area contributed by atoms with Gasteiger partial charge in [0.15, 0.2) is 0 Å². The number of primary amides is 1. The minimum Gasteiger partial charge on any atom is -0.508 e. The highest BCUT2D eigenvalue weighted by Gasteiger charge is 2.36. The number of phenolic OH excluding ortho intramolecular Hbond substituents is 1. The molecule has 4 aromatic rings. The normalized spacial score (nSPS) is 22.2. The summed E-state index contributed by atoms with van der Waals surface area (Å²) in [7, 11) is 1.97. The van der Waals surface area contributed by atoms with Crippen LogP contribution >= 0.6 is 21.6 Å². The van der Waals surface area contributed by atoms with E-state index in [1.807, 2.05) is 29.2 Å². The molecule has 9 atom stereocenters. The summed E-state index contributed by atoms with van der Waals surface area (Å²) in [6.45, 7) is 5.90. The lowest BCUT2D eigenvalue weighted by Gasteiger charge is -2.34. The van der Waals surface area contributed by atoms with Crippen LogP contribution in [0, 0.1) is 0 Å². The van der Waals surface area contributed by atoms with Gasteiger partial charge in [0, 0.05) is 80.6 Å². The number of H-pyrrole nitrogens is 1. The van der Waals surface area contributed by atoms with Crippen molar-refractivity contribution in [1.82, 2.24) is 57.3 Å². The zero-order valence-electron chi connectivity index (χ0n) is 47.2. The molecule has 2 aliphatic heterocycles. The number of hydrogen-bond donors (Lipinski definition) is 14. The summed E-state index contributed by atoms with van der Waals surface area (Å²) in [5, 5.41) is 52.6. The number of fused-ring (bicyclic) bond motifs is 1. The minimum atomic E-state index is -1.58. The molecular formula is C57H79N13O12S2. The van der Waals surface area contributed by atoms with E-state index in [1.54, 1.807) is 55.6 Å². The molecule has 456 valence electrons. The topological polar surface area (TPSA) is 385 Å². The fourth-order valence-corrected chi connectivity index (χ4v) is 12.0. The molecule has 6 rings (SSSR count). The first-order valence-corrected chi connectivity index (χ1v) is 30.6. The van der Waals surface area contributed by atoms with E-state index in [4.69, 9.17) is 11.5 Å². The number of aromatic hydroxyl groups is 1. The van der Waals surface area contributed by atoms with Crippen molar-refractivity contribution in [3.8, 4) is 5.75 Å². The minimum absolute atomic E-state index is 0.00114. The third kappa shape index (κ3) is 20.2. The van der Waals surface area contributed by atoms with Gasteiger partial charge in [-0.05, 0) is 74.0 Å². The predicted octanol–water partition coefficient (Wildman–Crippen LogP) is -1.81. The Hall–Kier alpha value is -7.27. The fourth-order valence-electron chi connectivity index (χ4n) is 9.65. The highest BCUT2D eigenvalue weighted by Crippen LogP contribution is 2.25. The molecule has 25 nitrogen and oxygen atoms in total. The Bertz CT molecular complexity index is 2860. The van der Waals surface area contributed by atoms with Crippen LogP contribution in [0.25, 0.3) is 10.9 Å². The lowest BCUT2D eigenvalue weighted by atomic mass is 10.0. The number of amides is 9. The second-order valence-corrected chi connectivity index (χ2v) is 23.4. The number of aliphatic hydroxyl groups is 2. The van der Waals surface area contributed by atoms with E-state index in [2.05, 4.69) is 52.4 Å². The molecule has 2 fully saturated rings. The van der Waals surface area contributed by atoms with Gasteiger partial charge in [0.05, 0.1) is 19.3 Å². The van der Waals surface area contributed by atoms with E-state index in [9.17, 15) is 48.9 Å². The highest BCUT2D eigenvalue weighted by molar-refractivity contribution is 8.76. The summed E-state index contributed by atoms with van der Waals surface area (Å²) in [6, 6.07) is 10.9. The second-order valence-electron chi connectivity index (χ2n) is 20.8. The lowest BCUT2D eigenvalue weighted by molar-refractivity contribution is -0.136. The first-order valence-electron chi connectivity index (χ1n) is 28.1. The third-order valence-corrected chi connectivity index (χ3v) is 16.9. The number of aliphatic hydroxyl groups excluding tert-OH is 2. The molecule has 2 saturated heterocycles. The maximum atomic E-state index is 15.0. The van der Waals surface area contributed by atoms with Gasteiger partial charge in [0.25, 0.3) is 0 Å². The number of nitrogens with one attached hydrogen (secondary N) is 9. The van der Waals surface area contributed by atoms with Crippen molar-refractivity contribution in [1.29, 1.82) is 0 Å². The number of β-amino-alcohol motifs (C(OH)–C–C–N with tert-alkyl or cyclic N) is 1. The molecule has 0 spiro atoms. The highest BCUT2D eigenvalue weighted by atomic mass is 33.1. The Balaban J connectivity index is 1.39. The number of benzene rings is 3. The molecule has 0 bridgehead atoms. The molecule has 0 aliphatic carbocycles. The van der Waals surface area contributed by atoms with Gasteiger partial charge in [-0.15, -0.1) is 0 Å². The molecule has 3 heterocycles. The van der Waals surface area contributed by atoms with Gasteiger partial charge in [-0.1, -0.05) is 89.2 Å². The van der Waals surface area contributed by atoms with E-state index < -0.39 is 108 Å². The molecule has 2 aliphatic rings. The summed E-state index contributed by atoms with van der Waals surface area (Å²) >= 11 is 0. The smallest absolute Gasteiger partial charge is 0.244 e. The molecule has 84 heavy (non-hydrogen) atoms. The number of para-hydroxylation sites is 1. The summed E-state index contributed by atoms with van der Waals surface area (Å²) < 4.78 is 0. The maximum Gasteiger partial charge on any atom is 0.244 e. The van der Waals surface area contributed by atoms with E-state index in [1.165, 1.54) is 19.1 Å². The first-order chi connectivity index (χ1) is 40.3. The van der Waals surface area contributed by atoms with Crippen molar-refractivity contribution < 1.29 is 58.5 Å². The number of aromatic amines is 1. The summed E-state index contributed by atoms with van der Waals surface area (Å²) in [5.41, 5.74) is 13.9. The molecule has 9 amide bonds. The number of hydrogen-bond acceptors (Lipinski definition) is 17. The van der Waals surface area contributed by atoms with Gasteiger partial charge in [-0.3, -0.25) is 53.0 Å².